The Hall–Kier alpha value is -2.60. The van der Waals surface area contributed by atoms with Gasteiger partial charge in [-0.3, -0.25) is 9.59 Å². The van der Waals surface area contributed by atoms with E-state index < -0.39 is 23.7 Å². The predicted octanol–water partition coefficient (Wildman–Crippen LogP) is 3.21. The first-order valence-corrected chi connectivity index (χ1v) is 7.22. The second-order valence-electron chi connectivity index (χ2n) is 4.97. The monoisotopic (exact) mass is 334 g/mol. The molecule has 1 aliphatic rings. The first-order chi connectivity index (χ1) is 11.0. The van der Waals surface area contributed by atoms with Crippen molar-refractivity contribution < 1.29 is 18.7 Å². The Kier molecular flexibility index (Phi) is 4.16. The van der Waals surface area contributed by atoms with Gasteiger partial charge in [0.05, 0.1) is 17.1 Å². The average Bonchev–Trinajstić information content (AvgIpc) is 2.51. The molecule has 0 aromatic heterocycles. The highest BCUT2D eigenvalue weighted by Crippen LogP contribution is 2.29. The molecule has 2 N–H and O–H groups in total. The summed E-state index contributed by atoms with van der Waals surface area (Å²) in [4.78, 5) is 24.0. The summed E-state index contributed by atoms with van der Waals surface area (Å²) in [7, 11) is 0. The lowest BCUT2D eigenvalue weighted by atomic mass is 10.1. The van der Waals surface area contributed by atoms with Crippen molar-refractivity contribution in [2.75, 3.05) is 10.6 Å². The molecule has 7 heteroatoms. The van der Waals surface area contributed by atoms with E-state index >= 15 is 0 Å². The Bertz CT molecular complexity index is 782. The number of rotatable bonds is 3. The summed E-state index contributed by atoms with van der Waals surface area (Å²) in [5.41, 5.74) is 0.914. The molecule has 1 atom stereocenters. The number of anilines is 2. The number of amides is 2. The summed E-state index contributed by atoms with van der Waals surface area (Å²) in [6.07, 6.45) is -1.10. The van der Waals surface area contributed by atoms with Crippen molar-refractivity contribution in [2.45, 2.75) is 12.5 Å². The highest BCUT2D eigenvalue weighted by molar-refractivity contribution is 6.31. The maximum Gasteiger partial charge on any atom is 0.266 e. The summed E-state index contributed by atoms with van der Waals surface area (Å²) in [5.74, 6) is -0.894. The van der Waals surface area contributed by atoms with Crippen LogP contribution in [0.3, 0.4) is 0 Å². The fourth-order valence-electron chi connectivity index (χ4n) is 2.18. The fourth-order valence-corrected chi connectivity index (χ4v) is 2.36. The number of hydrogen-bond donors (Lipinski definition) is 2. The number of benzene rings is 2. The number of para-hydroxylation sites is 2. The molecule has 118 valence electrons. The minimum absolute atomic E-state index is 0.0941. The van der Waals surface area contributed by atoms with Crippen molar-refractivity contribution in [1.29, 1.82) is 0 Å². The zero-order valence-electron chi connectivity index (χ0n) is 11.8. The Balaban J connectivity index is 1.66. The van der Waals surface area contributed by atoms with Gasteiger partial charge in [-0.1, -0.05) is 23.7 Å². The number of carbonyl (C=O) groups excluding carboxylic acids is 2. The van der Waals surface area contributed by atoms with E-state index in [0.717, 1.165) is 6.07 Å². The third-order valence-electron chi connectivity index (χ3n) is 3.28. The van der Waals surface area contributed by atoms with E-state index in [-0.39, 0.29) is 11.4 Å². The second-order valence-corrected chi connectivity index (χ2v) is 5.38. The van der Waals surface area contributed by atoms with Gasteiger partial charge >= 0.3 is 0 Å². The molecule has 1 heterocycles. The summed E-state index contributed by atoms with van der Waals surface area (Å²) in [6.45, 7) is 0. The van der Waals surface area contributed by atoms with Crippen LogP contribution in [0.15, 0.2) is 42.5 Å². The van der Waals surface area contributed by atoms with Gasteiger partial charge in [0, 0.05) is 5.69 Å². The van der Waals surface area contributed by atoms with Gasteiger partial charge in [-0.15, -0.1) is 0 Å². The number of ether oxygens (including phenoxy) is 1. The van der Waals surface area contributed by atoms with Crippen molar-refractivity contribution in [2.24, 2.45) is 0 Å². The topological polar surface area (TPSA) is 67.4 Å². The van der Waals surface area contributed by atoms with Gasteiger partial charge in [0.25, 0.3) is 5.91 Å². The highest BCUT2D eigenvalue weighted by atomic mass is 35.5. The number of nitrogens with one attached hydrogen (secondary N) is 2. The van der Waals surface area contributed by atoms with Crippen molar-refractivity contribution in [3.63, 3.8) is 0 Å². The van der Waals surface area contributed by atoms with Crippen LogP contribution in [0.2, 0.25) is 5.02 Å². The highest BCUT2D eigenvalue weighted by Gasteiger charge is 2.29. The first-order valence-electron chi connectivity index (χ1n) is 6.84. The van der Waals surface area contributed by atoms with Gasteiger partial charge in [-0.05, 0) is 30.3 Å². The molecule has 2 aromatic rings. The lowest BCUT2D eigenvalue weighted by Gasteiger charge is -2.25. The molecule has 0 radical (unpaired) electrons. The van der Waals surface area contributed by atoms with Crippen LogP contribution in [-0.4, -0.2) is 17.9 Å². The summed E-state index contributed by atoms with van der Waals surface area (Å²) in [5, 5.41) is 5.14. The van der Waals surface area contributed by atoms with E-state index in [9.17, 15) is 14.0 Å². The van der Waals surface area contributed by atoms with Crippen LogP contribution in [0.1, 0.15) is 6.42 Å². The van der Waals surface area contributed by atoms with Gasteiger partial charge in [0.1, 0.15) is 11.6 Å². The normalized spacial score (nSPS) is 16.1. The first kappa shape index (κ1) is 15.3. The van der Waals surface area contributed by atoms with Gasteiger partial charge in [0.2, 0.25) is 5.91 Å². The van der Waals surface area contributed by atoms with E-state index in [1.54, 1.807) is 24.3 Å². The fraction of sp³-hybridized carbons (Fsp3) is 0.125. The zero-order valence-corrected chi connectivity index (χ0v) is 12.6. The molecule has 0 saturated carbocycles. The van der Waals surface area contributed by atoms with Crippen LogP contribution in [-0.2, 0) is 9.59 Å². The van der Waals surface area contributed by atoms with Crippen molar-refractivity contribution >= 4 is 34.8 Å². The molecule has 5 nitrogen and oxygen atoms in total. The molecule has 23 heavy (non-hydrogen) atoms. The molecule has 2 amide bonds. The average molecular weight is 335 g/mol. The van der Waals surface area contributed by atoms with E-state index in [1.165, 1.54) is 12.1 Å². The molecule has 0 fully saturated rings. The molecule has 0 unspecified atom stereocenters. The lowest BCUT2D eigenvalue weighted by Crippen LogP contribution is -2.39. The molecule has 0 bridgehead atoms. The van der Waals surface area contributed by atoms with Crippen LogP contribution < -0.4 is 15.4 Å². The number of carbonyl (C=O) groups is 2. The summed E-state index contributed by atoms with van der Waals surface area (Å²) < 4.78 is 18.6. The minimum Gasteiger partial charge on any atom is -0.478 e. The Morgan fingerprint density at radius 2 is 2.09 bits per heavy atom. The van der Waals surface area contributed by atoms with Crippen LogP contribution in [0.25, 0.3) is 0 Å². The van der Waals surface area contributed by atoms with E-state index in [4.69, 9.17) is 16.3 Å². The maximum absolute atomic E-state index is 13.1. The molecule has 0 spiro atoms. The van der Waals surface area contributed by atoms with E-state index in [0.29, 0.717) is 17.1 Å². The van der Waals surface area contributed by atoms with E-state index in [1.807, 2.05) is 0 Å². The molecular formula is C16H12ClFN2O3. The molecular weight excluding hydrogens is 323 g/mol. The van der Waals surface area contributed by atoms with Gasteiger partial charge in [-0.25, -0.2) is 4.39 Å². The van der Waals surface area contributed by atoms with E-state index in [2.05, 4.69) is 10.6 Å². The Morgan fingerprint density at radius 1 is 1.30 bits per heavy atom. The molecule has 0 saturated heterocycles. The zero-order chi connectivity index (χ0) is 16.4. The molecule has 3 rings (SSSR count). The lowest BCUT2D eigenvalue weighted by molar-refractivity contribution is -0.128. The van der Waals surface area contributed by atoms with Crippen LogP contribution >= 0.6 is 11.6 Å². The number of fused-ring (bicyclic) bond motifs is 1. The summed E-state index contributed by atoms with van der Waals surface area (Å²) >= 11 is 5.65. The molecule has 0 aliphatic carbocycles. The van der Waals surface area contributed by atoms with Crippen LogP contribution in [0.5, 0.6) is 5.75 Å². The Labute approximate surface area is 136 Å². The largest absolute Gasteiger partial charge is 0.478 e. The third kappa shape index (κ3) is 3.43. The number of halogens is 2. The standard InChI is InChI=1S/C16H12ClFN2O3/c17-10-7-9(5-6-11(10)18)19-15(21)8-14-16(22)20-12-3-1-2-4-13(12)23-14/h1-7,14H,8H2,(H,19,21)(H,20,22)/t14-/m0/s1. The minimum atomic E-state index is -0.930. The van der Waals surface area contributed by atoms with Crippen LogP contribution in [0.4, 0.5) is 15.8 Å². The SMILES string of the molecule is O=C(C[C@@H]1Oc2ccccc2NC1=O)Nc1ccc(F)c(Cl)c1. The molecule has 2 aromatic carbocycles. The second kappa shape index (κ2) is 6.26. The van der Waals surface area contributed by atoms with Crippen molar-refractivity contribution in [1.82, 2.24) is 0 Å². The van der Waals surface area contributed by atoms with Crippen LogP contribution in [0, 0.1) is 5.82 Å². The van der Waals surface area contributed by atoms with Crippen molar-refractivity contribution in [3.8, 4) is 5.75 Å². The third-order valence-corrected chi connectivity index (χ3v) is 3.57. The summed E-state index contributed by atoms with van der Waals surface area (Å²) in [6, 6.07) is 10.8. The maximum atomic E-state index is 13.1. The Morgan fingerprint density at radius 3 is 2.87 bits per heavy atom. The number of hydrogen-bond acceptors (Lipinski definition) is 3. The smallest absolute Gasteiger partial charge is 0.266 e. The molecule has 1 aliphatic heterocycles. The quantitative estimate of drug-likeness (QED) is 0.905. The van der Waals surface area contributed by atoms with Gasteiger partial charge in [0.15, 0.2) is 6.10 Å². The van der Waals surface area contributed by atoms with Gasteiger partial charge in [-0.2, -0.15) is 0 Å². The van der Waals surface area contributed by atoms with Gasteiger partial charge < -0.3 is 15.4 Å². The van der Waals surface area contributed by atoms with Crippen molar-refractivity contribution in [3.05, 3.63) is 53.3 Å². The predicted molar refractivity (Wildman–Crippen MR) is 84.1 cm³/mol.